The number of alkyl halides is 1. The quantitative estimate of drug-likeness (QED) is 0.787. The van der Waals surface area contributed by atoms with Crippen LogP contribution in [-0.2, 0) is 6.42 Å². The Morgan fingerprint density at radius 2 is 2.25 bits per heavy atom. The standard InChI is InChI=1S/C16H22ClN3/c1-16(2)8-4-3-5-14(16)20-13-7-10-18-11-12(13)19-15(20)6-9-17/h7,10-11,14H,3-6,8-9H2,1-2H3. The lowest BCUT2D eigenvalue weighted by Gasteiger charge is -2.40. The topological polar surface area (TPSA) is 30.7 Å². The number of aromatic nitrogens is 3. The van der Waals surface area contributed by atoms with Crippen molar-refractivity contribution in [3.05, 3.63) is 24.3 Å². The zero-order valence-corrected chi connectivity index (χ0v) is 13.0. The van der Waals surface area contributed by atoms with Gasteiger partial charge in [0.2, 0.25) is 0 Å². The van der Waals surface area contributed by atoms with Crippen LogP contribution < -0.4 is 0 Å². The Labute approximate surface area is 125 Å². The summed E-state index contributed by atoms with van der Waals surface area (Å²) in [6, 6.07) is 2.60. The Morgan fingerprint density at radius 3 is 3.00 bits per heavy atom. The number of fused-ring (bicyclic) bond motifs is 1. The highest BCUT2D eigenvalue weighted by molar-refractivity contribution is 6.17. The minimum absolute atomic E-state index is 0.316. The smallest absolute Gasteiger partial charge is 0.111 e. The zero-order chi connectivity index (χ0) is 14.2. The van der Waals surface area contributed by atoms with Crippen LogP contribution in [0.25, 0.3) is 11.0 Å². The molecule has 0 N–H and O–H groups in total. The lowest BCUT2D eigenvalue weighted by molar-refractivity contribution is 0.145. The van der Waals surface area contributed by atoms with E-state index in [1.807, 2.05) is 12.4 Å². The van der Waals surface area contributed by atoms with Crippen molar-refractivity contribution >= 4 is 22.6 Å². The second kappa shape index (κ2) is 5.36. The monoisotopic (exact) mass is 291 g/mol. The van der Waals surface area contributed by atoms with Gasteiger partial charge in [0.05, 0.1) is 11.7 Å². The first kappa shape index (κ1) is 13.9. The average molecular weight is 292 g/mol. The highest BCUT2D eigenvalue weighted by Crippen LogP contribution is 2.45. The molecule has 3 rings (SSSR count). The molecule has 1 atom stereocenters. The summed E-state index contributed by atoms with van der Waals surface area (Å²) < 4.78 is 2.44. The molecule has 2 aromatic rings. The van der Waals surface area contributed by atoms with Gasteiger partial charge < -0.3 is 4.57 Å². The molecule has 0 spiro atoms. The number of halogens is 1. The molecule has 0 aromatic carbocycles. The molecule has 0 bridgehead atoms. The van der Waals surface area contributed by atoms with E-state index in [-0.39, 0.29) is 0 Å². The molecule has 0 radical (unpaired) electrons. The summed E-state index contributed by atoms with van der Waals surface area (Å²) in [6.07, 6.45) is 9.70. The van der Waals surface area contributed by atoms with E-state index in [4.69, 9.17) is 16.6 Å². The third-order valence-corrected chi connectivity index (χ3v) is 4.83. The largest absolute Gasteiger partial charge is 0.324 e. The number of imidazole rings is 1. The summed E-state index contributed by atoms with van der Waals surface area (Å²) in [5.41, 5.74) is 2.52. The maximum Gasteiger partial charge on any atom is 0.111 e. The number of nitrogens with zero attached hydrogens (tertiary/aromatic N) is 3. The normalized spacial score (nSPS) is 22.2. The molecule has 2 aromatic heterocycles. The van der Waals surface area contributed by atoms with Crippen molar-refractivity contribution in [2.45, 2.75) is 52.0 Å². The van der Waals surface area contributed by atoms with E-state index in [1.165, 1.54) is 31.2 Å². The number of pyridine rings is 1. The second-order valence-corrected chi connectivity index (χ2v) is 6.83. The Balaban J connectivity index is 2.14. The van der Waals surface area contributed by atoms with Crippen LogP contribution in [0, 0.1) is 5.41 Å². The maximum atomic E-state index is 5.98. The van der Waals surface area contributed by atoms with Gasteiger partial charge in [-0.25, -0.2) is 4.98 Å². The molecule has 1 saturated carbocycles. The molecule has 3 nitrogen and oxygen atoms in total. The molecular weight excluding hydrogens is 270 g/mol. The van der Waals surface area contributed by atoms with E-state index in [1.54, 1.807) is 0 Å². The molecular formula is C16H22ClN3. The van der Waals surface area contributed by atoms with Crippen LogP contribution in [0.4, 0.5) is 0 Å². The summed E-state index contributed by atoms with van der Waals surface area (Å²) >= 11 is 5.98. The Morgan fingerprint density at radius 1 is 1.40 bits per heavy atom. The Bertz CT molecular complexity index is 603. The van der Waals surface area contributed by atoms with Crippen LogP contribution in [0.2, 0.25) is 0 Å². The van der Waals surface area contributed by atoms with Crippen LogP contribution in [0.3, 0.4) is 0 Å². The summed E-state index contributed by atoms with van der Waals surface area (Å²) in [5, 5.41) is 0. The van der Waals surface area contributed by atoms with Crippen LogP contribution >= 0.6 is 11.6 Å². The lowest BCUT2D eigenvalue weighted by Crippen LogP contribution is -2.31. The molecule has 0 saturated heterocycles. The van der Waals surface area contributed by atoms with E-state index in [0.717, 1.165) is 17.8 Å². The van der Waals surface area contributed by atoms with Gasteiger partial charge in [-0.3, -0.25) is 4.98 Å². The predicted octanol–water partition coefficient (Wildman–Crippen LogP) is 4.35. The fraction of sp³-hybridized carbons (Fsp3) is 0.625. The molecule has 1 aliphatic carbocycles. The number of aryl methyl sites for hydroxylation is 1. The van der Waals surface area contributed by atoms with Gasteiger partial charge in [0.25, 0.3) is 0 Å². The molecule has 2 heterocycles. The van der Waals surface area contributed by atoms with E-state index >= 15 is 0 Å². The van der Waals surface area contributed by atoms with Crippen molar-refractivity contribution in [3.8, 4) is 0 Å². The van der Waals surface area contributed by atoms with E-state index < -0.39 is 0 Å². The fourth-order valence-electron chi connectivity index (χ4n) is 3.56. The second-order valence-electron chi connectivity index (χ2n) is 6.45. The molecule has 20 heavy (non-hydrogen) atoms. The van der Waals surface area contributed by atoms with Crippen molar-refractivity contribution < 1.29 is 0 Å². The first-order valence-electron chi connectivity index (χ1n) is 7.50. The Hall–Kier alpha value is -1.09. The van der Waals surface area contributed by atoms with Crippen molar-refractivity contribution in [2.75, 3.05) is 5.88 Å². The van der Waals surface area contributed by atoms with Gasteiger partial charge in [-0.2, -0.15) is 0 Å². The minimum Gasteiger partial charge on any atom is -0.324 e. The molecule has 1 fully saturated rings. The first-order chi connectivity index (χ1) is 9.63. The van der Waals surface area contributed by atoms with E-state index in [9.17, 15) is 0 Å². The molecule has 108 valence electrons. The van der Waals surface area contributed by atoms with Crippen LogP contribution in [0.15, 0.2) is 18.5 Å². The molecule has 4 heteroatoms. The van der Waals surface area contributed by atoms with Gasteiger partial charge in [0.15, 0.2) is 0 Å². The van der Waals surface area contributed by atoms with Gasteiger partial charge in [0, 0.05) is 24.5 Å². The van der Waals surface area contributed by atoms with E-state index in [2.05, 4.69) is 29.5 Å². The molecule has 0 aliphatic heterocycles. The summed E-state index contributed by atoms with van der Waals surface area (Å²) in [5.74, 6) is 1.73. The van der Waals surface area contributed by atoms with Gasteiger partial charge in [-0.1, -0.05) is 26.7 Å². The molecule has 1 unspecified atom stereocenters. The summed E-state index contributed by atoms with van der Waals surface area (Å²) in [7, 11) is 0. The van der Waals surface area contributed by atoms with Gasteiger partial charge in [-0.15, -0.1) is 11.6 Å². The average Bonchev–Trinajstić information content (AvgIpc) is 2.77. The van der Waals surface area contributed by atoms with Gasteiger partial charge in [0.1, 0.15) is 11.3 Å². The van der Waals surface area contributed by atoms with Gasteiger partial charge >= 0.3 is 0 Å². The van der Waals surface area contributed by atoms with Crippen molar-refractivity contribution in [2.24, 2.45) is 5.41 Å². The fourth-order valence-corrected chi connectivity index (χ4v) is 3.73. The first-order valence-corrected chi connectivity index (χ1v) is 8.04. The third kappa shape index (κ3) is 2.32. The minimum atomic E-state index is 0.316. The molecule has 0 amide bonds. The van der Waals surface area contributed by atoms with Crippen molar-refractivity contribution in [1.82, 2.24) is 14.5 Å². The highest BCUT2D eigenvalue weighted by atomic mass is 35.5. The summed E-state index contributed by atoms with van der Waals surface area (Å²) in [4.78, 5) is 8.96. The number of hydrogen-bond donors (Lipinski definition) is 0. The SMILES string of the molecule is CC1(C)CCCCC1n1c(CCCl)nc2cnccc21. The molecule has 1 aliphatic rings. The van der Waals surface area contributed by atoms with Crippen LogP contribution in [0.1, 0.15) is 51.4 Å². The van der Waals surface area contributed by atoms with E-state index in [0.29, 0.717) is 17.3 Å². The third-order valence-electron chi connectivity index (χ3n) is 4.65. The predicted molar refractivity (Wildman–Crippen MR) is 83.2 cm³/mol. The maximum absolute atomic E-state index is 5.98. The van der Waals surface area contributed by atoms with Crippen LogP contribution in [0.5, 0.6) is 0 Å². The summed E-state index contributed by atoms with van der Waals surface area (Å²) in [6.45, 7) is 4.77. The Kier molecular flexibility index (Phi) is 3.72. The number of rotatable bonds is 3. The van der Waals surface area contributed by atoms with Gasteiger partial charge in [-0.05, 0) is 24.3 Å². The number of hydrogen-bond acceptors (Lipinski definition) is 2. The van der Waals surface area contributed by atoms with Crippen LogP contribution in [-0.4, -0.2) is 20.4 Å². The zero-order valence-electron chi connectivity index (χ0n) is 12.3. The van der Waals surface area contributed by atoms with Crippen molar-refractivity contribution in [3.63, 3.8) is 0 Å². The highest BCUT2D eigenvalue weighted by Gasteiger charge is 2.35. The van der Waals surface area contributed by atoms with Crippen molar-refractivity contribution in [1.29, 1.82) is 0 Å². The lowest BCUT2D eigenvalue weighted by atomic mass is 9.73.